The van der Waals surface area contributed by atoms with E-state index < -0.39 is 11.7 Å². The summed E-state index contributed by atoms with van der Waals surface area (Å²) in [7, 11) is 0. The van der Waals surface area contributed by atoms with Gasteiger partial charge in [-0.1, -0.05) is 35.5 Å². The Hall–Kier alpha value is -2.83. The van der Waals surface area contributed by atoms with Gasteiger partial charge in [-0.2, -0.15) is 13.2 Å². The summed E-state index contributed by atoms with van der Waals surface area (Å²) in [5.74, 6) is 0.731. The standard InChI is InChI=1S/C17H14F3N3O/c18-17(19,20)14-8-6-13(7-9-14)10-23-11-15(21-22-23)12-24-16-4-2-1-3-5-16/h1-9,11H,10,12H2. The molecule has 0 bridgehead atoms. The third-order valence-electron chi connectivity index (χ3n) is 3.34. The number of para-hydroxylation sites is 1. The van der Waals surface area contributed by atoms with E-state index in [9.17, 15) is 13.2 Å². The molecule has 124 valence electrons. The van der Waals surface area contributed by atoms with Gasteiger partial charge >= 0.3 is 6.18 Å². The maximum absolute atomic E-state index is 12.5. The molecular formula is C17H14F3N3O. The number of ether oxygens (including phenoxy) is 1. The van der Waals surface area contributed by atoms with Gasteiger partial charge in [0.2, 0.25) is 0 Å². The van der Waals surface area contributed by atoms with E-state index >= 15 is 0 Å². The van der Waals surface area contributed by atoms with E-state index in [2.05, 4.69) is 10.3 Å². The smallest absolute Gasteiger partial charge is 0.416 e. The molecule has 0 spiro atoms. The van der Waals surface area contributed by atoms with Crippen LogP contribution in [0.5, 0.6) is 5.75 Å². The van der Waals surface area contributed by atoms with Crippen molar-refractivity contribution in [3.63, 3.8) is 0 Å². The van der Waals surface area contributed by atoms with Crippen LogP contribution in [-0.2, 0) is 19.3 Å². The van der Waals surface area contributed by atoms with Crippen LogP contribution in [0.25, 0.3) is 0 Å². The Morgan fingerprint density at radius 3 is 2.33 bits per heavy atom. The fraction of sp³-hybridized carbons (Fsp3) is 0.176. The minimum atomic E-state index is -4.33. The van der Waals surface area contributed by atoms with E-state index in [-0.39, 0.29) is 6.61 Å². The molecule has 0 fully saturated rings. The molecule has 0 aliphatic carbocycles. The Bertz CT molecular complexity index is 783. The summed E-state index contributed by atoms with van der Waals surface area (Å²) >= 11 is 0. The summed E-state index contributed by atoms with van der Waals surface area (Å²) in [6.45, 7) is 0.619. The molecule has 7 heteroatoms. The number of hydrogen-bond donors (Lipinski definition) is 0. The van der Waals surface area contributed by atoms with E-state index in [1.165, 1.54) is 12.1 Å². The van der Waals surface area contributed by atoms with Crippen molar-refractivity contribution in [1.82, 2.24) is 15.0 Å². The van der Waals surface area contributed by atoms with Crippen LogP contribution in [0, 0.1) is 0 Å². The molecule has 0 unspecified atom stereocenters. The number of alkyl halides is 3. The zero-order valence-corrected chi connectivity index (χ0v) is 12.6. The monoisotopic (exact) mass is 333 g/mol. The molecule has 0 radical (unpaired) electrons. The van der Waals surface area contributed by atoms with E-state index in [0.717, 1.165) is 17.9 Å². The van der Waals surface area contributed by atoms with Crippen LogP contribution in [0.2, 0.25) is 0 Å². The lowest BCUT2D eigenvalue weighted by Gasteiger charge is -2.07. The van der Waals surface area contributed by atoms with Gasteiger partial charge in [-0.3, -0.25) is 0 Å². The first-order valence-electron chi connectivity index (χ1n) is 7.24. The quantitative estimate of drug-likeness (QED) is 0.710. The highest BCUT2D eigenvalue weighted by atomic mass is 19.4. The summed E-state index contributed by atoms with van der Waals surface area (Å²) < 4.78 is 44.7. The van der Waals surface area contributed by atoms with Crippen molar-refractivity contribution in [3.8, 4) is 5.75 Å². The summed E-state index contributed by atoms with van der Waals surface area (Å²) in [5, 5.41) is 7.95. The first-order chi connectivity index (χ1) is 11.5. The highest BCUT2D eigenvalue weighted by Gasteiger charge is 2.29. The van der Waals surface area contributed by atoms with E-state index in [1.54, 1.807) is 10.9 Å². The van der Waals surface area contributed by atoms with Crippen LogP contribution >= 0.6 is 0 Å². The predicted octanol–water partition coefficient (Wildman–Crippen LogP) is 3.92. The molecule has 0 aliphatic heterocycles. The van der Waals surface area contributed by atoms with Crippen LogP contribution in [0.15, 0.2) is 60.8 Å². The Balaban J connectivity index is 1.59. The number of benzene rings is 2. The molecule has 0 atom stereocenters. The van der Waals surface area contributed by atoms with Crippen molar-refractivity contribution < 1.29 is 17.9 Å². The van der Waals surface area contributed by atoms with Gasteiger partial charge in [0.05, 0.1) is 18.3 Å². The fourth-order valence-corrected chi connectivity index (χ4v) is 2.14. The highest BCUT2D eigenvalue weighted by Crippen LogP contribution is 2.29. The second kappa shape index (κ2) is 6.74. The molecule has 0 saturated carbocycles. The molecule has 0 aliphatic rings. The zero-order chi connectivity index (χ0) is 17.0. The Morgan fingerprint density at radius 2 is 1.67 bits per heavy atom. The number of nitrogens with zero attached hydrogens (tertiary/aromatic N) is 3. The highest BCUT2D eigenvalue weighted by molar-refractivity contribution is 5.25. The average Bonchev–Trinajstić information content (AvgIpc) is 3.01. The number of hydrogen-bond acceptors (Lipinski definition) is 3. The van der Waals surface area contributed by atoms with Crippen LogP contribution in [0.1, 0.15) is 16.8 Å². The molecule has 3 aromatic rings. The normalized spacial score (nSPS) is 11.5. The lowest BCUT2D eigenvalue weighted by molar-refractivity contribution is -0.137. The molecule has 0 saturated heterocycles. The SMILES string of the molecule is FC(F)(F)c1ccc(Cn2cc(COc3ccccc3)nn2)cc1. The fourth-order valence-electron chi connectivity index (χ4n) is 2.14. The van der Waals surface area contributed by atoms with Gasteiger partial charge in [0.1, 0.15) is 18.1 Å². The Kier molecular flexibility index (Phi) is 4.50. The number of aromatic nitrogens is 3. The van der Waals surface area contributed by atoms with Crippen molar-refractivity contribution in [1.29, 1.82) is 0 Å². The summed E-state index contributed by atoms with van der Waals surface area (Å²) in [6, 6.07) is 14.3. The topological polar surface area (TPSA) is 39.9 Å². The molecule has 4 nitrogen and oxygen atoms in total. The molecule has 24 heavy (non-hydrogen) atoms. The van der Waals surface area contributed by atoms with Crippen molar-refractivity contribution in [2.24, 2.45) is 0 Å². The van der Waals surface area contributed by atoms with Crippen LogP contribution in [-0.4, -0.2) is 15.0 Å². The average molecular weight is 333 g/mol. The largest absolute Gasteiger partial charge is 0.487 e. The maximum Gasteiger partial charge on any atom is 0.416 e. The lowest BCUT2D eigenvalue weighted by Crippen LogP contribution is -2.05. The van der Waals surface area contributed by atoms with E-state index in [4.69, 9.17) is 4.74 Å². The van der Waals surface area contributed by atoms with E-state index in [0.29, 0.717) is 17.8 Å². The molecule has 1 heterocycles. The number of halogens is 3. The predicted molar refractivity (Wildman–Crippen MR) is 81.3 cm³/mol. The molecular weight excluding hydrogens is 319 g/mol. The van der Waals surface area contributed by atoms with E-state index in [1.807, 2.05) is 30.3 Å². The van der Waals surface area contributed by atoms with Crippen molar-refractivity contribution in [2.45, 2.75) is 19.3 Å². The zero-order valence-electron chi connectivity index (χ0n) is 12.6. The molecule has 3 rings (SSSR count). The van der Waals surface area contributed by atoms with Crippen LogP contribution in [0.4, 0.5) is 13.2 Å². The van der Waals surface area contributed by atoms with Gasteiger partial charge in [0.15, 0.2) is 0 Å². The van der Waals surface area contributed by atoms with Crippen molar-refractivity contribution >= 4 is 0 Å². The maximum atomic E-state index is 12.5. The van der Waals surface area contributed by atoms with Crippen LogP contribution < -0.4 is 4.74 Å². The van der Waals surface area contributed by atoms with Gasteiger partial charge in [-0.25, -0.2) is 4.68 Å². The minimum Gasteiger partial charge on any atom is -0.487 e. The van der Waals surface area contributed by atoms with Crippen molar-refractivity contribution in [3.05, 3.63) is 77.6 Å². The third kappa shape index (κ3) is 4.13. The first kappa shape index (κ1) is 16.0. The van der Waals surface area contributed by atoms with Gasteiger partial charge < -0.3 is 4.74 Å². The molecule has 0 amide bonds. The Labute approximate surface area is 136 Å². The van der Waals surface area contributed by atoms with Crippen molar-refractivity contribution in [2.75, 3.05) is 0 Å². The van der Waals surface area contributed by atoms with Gasteiger partial charge in [-0.05, 0) is 29.8 Å². The third-order valence-corrected chi connectivity index (χ3v) is 3.34. The second-order valence-corrected chi connectivity index (χ2v) is 5.20. The second-order valence-electron chi connectivity index (χ2n) is 5.20. The van der Waals surface area contributed by atoms with Crippen LogP contribution in [0.3, 0.4) is 0 Å². The molecule has 2 aromatic carbocycles. The molecule has 1 aromatic heterocycles. The number of rotatable bonds is 5. The van der Waals surface area contributed by atoms with Gasteiger partial charge in [0.25, 0.3) is 0 Å². The lowest BCUT2D eigenvalue weighted by atomic mass is 10.1. The van der Waals surface area contributed by atoms with Gasteiger partial charge in [0, 0.05) is 0 Å². The summed E-state index contributed by atoms with van der Waals surface area (Å²) in [4.78, 5) is 0. The summed E-state index contributed by atoms with van der Waals surface area (Å²) in [5.41, 5.74) is 0.691. The van der Waals surface area contributed by atoms with Gasteiger partial charge in [-0.15, -0.1) is 5.10 Å². The minimum absolute atomic E-state index is 0.275. The molecule has 0 N–H and O–H groups in total. The Morgan fingerprint density at radius 1 is 0.958 bits per heavy atom. The summed E-state index contributed by atoms with van der Waals surface area (Å²) in [6.07, 6.45) is -2.62. The first-order valence-corrected chi connectivity index (χ1v) is 7.24.